The Bertz CT molecular complexity index is 1350. The van der Waals surface area contributed by atoms with Crippen molar-refractivity contribution in [2.45, 2.75) is 76.4 Å². The van der Waals surface area contributed by atoms with E-state index in [1.165, 1.54) is 23.5 Å². The van der Waals surface area contributed by atoms with Gasteiger partial charge in [0.1, 0.15) is 5.76 Å². The van der Waals surface area contributed by atoms with E-state index in [1.807, 2.05) is 61.8 Å². The second kappa shape index (κ2) is 15.4. The van der Waals surface area contributed by atoms with E-state index in [4.69, 9.17) is 4.43 Å². The largest absolute Gasteiger partial charge is 0.543 e. The van der Waals surface area contributed by atoms with Crippen molar-refractivity contribution in [2.75, 3.05) is 26.2 Å². The Kier molecular flexibility index (Phi) is 12.4. The van der Waals surface area contributed by atoms with Crippen LogP contribution < -0.4 is 0 Å². The van der Waals surface area contributed by atoms with Crippen molar-refractivity contribution >= 4 is 48.1 Å². The summed E-state index contributed by atoms with van der Waals surface area (Å²) in [5, 5.41) is 0.167. The lowest BCUT2D eigenvalue weighted by molar-refractivity contribution is 0.227. The van der Waals surface area contributed by atoms with Crippen molar-refractivity contribution in [1.82, 2.24) is 9.80 Å². The maximum absolute atomic E-state index is 12.6. The quantitative estimate of drug-likeness (QED) is 0.118. The molecule has 0 aliphatic rings. The highest BCUT2D eigenvalue weighted by atomic mass is 32.2. The standard InChI is InChI=1S/C36H48N2O3S2Si/c1-11-37(12-2)34(39)42-32-19-15-27(16-20-32)30-23-29(26(5)41-44(9,10)36(6,7)8)24-31(25-30)28-17-21-33(22-18-28)43-35(40)38(13-3)14-4/h15-25H,5,11-14H2,1-4,6-10H3. The molecule has 8 heteroatoms. The summed E-state index contributed by atoms with van der Waals surface area (Å²) < 4.78 is 6.64. The number of hydrogen-bond acceptors (Lipinski definition) is 5. The molecule has 0 saturated heterocycles. The average Bonchev–Trinajstić information content (AvgIpc) is 2.98. The third-order valence-corrected chi connectivity index (χ3v) is 14.5. The minimum Gasteiger partial charge on any atom is -0.543 e. The Morgan fingerprint density at radius 2 is 1.05 bits per heavy atom. The van der Waals surface area contributed by atoms with E-state index < -0.39 is 8.32 Å². The third kappa shape index (κ3) is 9.05. The van der Waals surface area contributed by atoms with Gasteiger partial charge in [-0.05, 0) is 134 Å². The molecule has 3 rings (SSSR count). The van der Waals surface area contributed by atoms with E-state index in [9.17, 15) is 9.59 Å². The van der Waals surface area contributed by atoms with Crippen LogP contribution in [0.5, 0.6) is 0 Å². The highest BCUT2D eigenvalue weighted by Gasteiger charge is 2.39. The normalized spacial score (nSPS) is 11.7. The molecule has 0 N–H and O–H groups in total. The van der Waals surface area contributed by atoms with Gasteiger partial charge in [-0.25, -0.2) is 0 Å². The van der Waals surface area contributed by atoms with E-state index in [1.54, 1.807) is 0 Å². The van der Waals surface area contributed by atoms with Crippen LogP contribution in [-0.4, -0.2) is 54.8 Å². The molecule has 0 radical (unpaired) electrons. The Balaban J connectivity index is 1.98. The molecule has 0 aliphatic carbocycles. The molecule has 3 aromatic carbocycles. The van der Waals surface area contributed by atoms with Gasteiger partial charge in [0.2, 0.25) is 8.32 Å². The highest BCUT2D eigenvalue weighted by molar-refractivity contribution is 8.13. The highest BCUT2D eigenvalue weighted by Crippen LogP contribution is 2.40. The summed E-state index contributed by atoms with van der Waals surface area (Å²) in [6, 6.07) is 22.7. The predicted octanol–water partition coefficient (Wildman–Crippen LogP) is 11.1. The first-order valence-corrected chi connectivity index (χ1v) is 19.9. The van der Waals surface area contributed by atoms with Crippen LogP contribution in [0.2, 0.25) is 18.1 Å². The van der Waals surface area contributed by atoms with E-state index in [2.05, 4.69) is 82.9 Å². The van der Waals surface area contributed by atoms with Crippen molar-refractivity contribution in [3.05, 3.63) is 78.9 Å². The minimum absolute atomic E-state index is 0.0442. The monoisotopic (exact) mass is 648 g/mol. The molecular weight excluding hydrogens is 601 g/mol. The van der Waals surface area contributed by atoms with Gasteiger partial charge in [-0.2, -0.15) is 0 Å². The number of carbonyl (C=O) groups excluding carboxylic acids is 2. The number of rotatable bonds is 11. The molecule has 0 atom stereocenters. The number of nitrogens with zero attached hydrogens (tertiary/aromatic N) is 2. The lowest BCUT2D eigenvalue weighted by Crippen LogP contribution is -2.40. The Morgan fingerprint density at radius 1 is 0.682 bits per heavy atom. The van der Waals surface area contributed by atoms with Gasteiger partial charge in [0.25, 0.3) is 10.5 Å². The second-order valence-electron chi connectivity index (χ2n) is 12.2. The fourth-order valence-electron chi connectivity index (χ4n) is 4.37. The third-order valence-electron chi connectivity index (χ3n) is 8.27. The zero-order chi connectivity index (χ0) is 32.7. The lowest BCUT2D eigenvalue weighted by Gasteiger charge is -2.37. The molecule has 2 amide bonds. The van der Waals surface area contributed by atoms with Gasteiger partial charge in [-0.1, -0.05) is 51.6 Å². The summed E-state index contributed by atoms with van der Waals surface area (Å²) in [5.74, 6) is 0.675. The molecule has 5 nitrogen and oxygen atoms in total. The van der Waals surface area contributed by atoms with Crippen molar-refractivity contribution in [2.24, 2.45) is 0 Å². The summed E-state index contributed by atoms with van der Waals surface area (Å²) >= 11 is 2.52. The minimum atomic E-state index is -2.10. The number of benzene rings is 3. The van der Waals surface area contributed by atoms with Crippen molar-refractivity contribution < 1.29 is 14.0 Å². The van der Waals surface area contributed by atoms with Gasteiger partial charge in [-0.3, -0.25) is 9.59 Å². The zero-order valence-corrected chi connectivity index (χ0v) is 30.5. The van der Waals surface area contributed by atoms with Crippen LogP contribution in [0.25, 0.3) is 28.0 Å². The predicted molar refractivity (Wildman–Crippen MR) is 193 cm³/mol. The van der Waals surface area contributed by atoms with Crippen LogP contribution in [-0.2, 0) is 4.43 Å². The molecule has 0 saturated carbocycles. The summed E-state index contributed by atoms with van der Waals surface area (Å²) in [5.41, 5.74) is 5.11. The maximum atomic E-state index is 12.6. The zero-order valence-electron chi connectivity index (χ0n) is 27.8. The number of thioether (sulfide) groups is 2. The summed E-state index contributed by atoms with van der Waals surface area (Å²) in [4.78, 5) is 30.7. The molecule has 0 spiro atoms. The second-order valence-corrected chi connectivity index (χ2v) is 19.0. The number of amides is 2. The molecule has 236 valence electrons. The molecule has 44 heavy (non-hydrogen) atoms. The summed E-state index contributed by atoms with van der Waals surface area (Å²) in [7, 11) is -2.10. The number of carbonyl (C=O) groups is 2. The molecule has 0 fully saturated rings. The van der Waals surface area contributed by atoms with E-state index in [-0.39, 0.29) is 15.5 Å². The molecular formula is C36H48N2O3S2Si. The van der Waals surface area contributed by atoms with Gasteiger partial charge >= 0.3 is 0 Å². The van der Waals surface area contributed by atoms with Crippen LogP contribution in [0, 0.1) is 0 Å². The Hall–Kier alpha value is -2.94. The van der Waals surface area contributed by atoms with Crippen molar-refractivity contribution in [3.8, 4) is 22.3 Å². The van der Waals surface area contributed by atoms with Crippen LogP contribution in [0.3, 0.4) is 0 Å². The maximum Gasteiger partial charge on any atom is 0.286 e. The number of hydrogen-bond donors (Lipinski definition) is 0. The Labute approximate surface area is 274 Å². The van der Waals surface area contributed by atoms with Crippen LogP contribution in [0.4, 0.5) is 9.59 Å². The first kappa shape index (κ1) is 35.5. The van der Waals surface area contributed by atoms with Gasteiger partial charge in [0.05, 0.1) is 0 Å². The van der Waals surface area contributed by atoms with Gasteiger partial charge < -0.3 is 14.2 Å². The fraction of sp³-hybridized carbons (Fsp3) is 0.389. The van der Waals surface area contributed by atoms with E-state index in [0.717, 1.165) is 37.6 Å². The summed E-state index contributed by atoms with van der Waals surface area (Å²) in [6.07, 6.45) is 0. The van der Waals surface area contributed by atoms with Crippen LogP contribution in [0.15, 0.2) is 83.1 Å². The summed E-state index contributed by atoms with van der Waals surface area (Å²) in [6.45, 7) is 26.3. The molecule has 0 aromatic heterocycles. The first-order chi connectivity index (χ1) is 20.7. The van der Waals surface area contributed by atoms with Gasteiger partial charge in [0.15, 0.2) is 0 Å². The van der Waals surface area contributed by atoms with Crippen LogP contribution >= 0.6 is 23.5 Å². The lowest BCUT2D eigenvalue weighted by atomic mass is 9.95. The first-order valence-electron chi connectivity index (χ1n) is 15.4. The van der Waals surface area contributed by atoms with Gasteiger partial charge in [0, 0.05) is 41.5 Å². The van der Waals surface area contributed by atoms with E-state index >= 15 is 0 Å². The van der Waals surface area contributed by atoms with Gasteiger partial charge in [-0.15, -0.1) is 0 Å². The molecule has 0 bridgehead atoms. The fourth-order valence-corrected chi connectivity index (χ4v) is 7.13. The van der Waals surface area contributed by atoms with Crippen molar-refractivity contribution in [1.29, 1.82) is 0 Å². The van der Waals surface area contributed by atoms with E-state index in [0.29, 0.717) is 31.9 Å². The van der Waals surface area contributed by atoms with Crippen LogP contribution in [0.1, 0.15) is 54.0 Å². The molecule has 3 aromatic rings. The average molecular weight is 649 g/mol. The topological polar surface area (TPSA) is 49.9 Å². The Morgan fingerprint density at radius 3 is 1.36 bits per heavy atom. The molecule has 0 unspecified atom stereocenters. The SMILES string of the molecule is C=C(O[Si](C)(C)C(C)(C)C)c1cc(-c2ccc(SC(=O)N(CC)CC)cc2)cc(-c2ccc(SC(=O)N(CC)CC)cc2)c1. The van der Waals surface area contributed by atoms with Crippen molar-refractivity contribution in [3.63, 3.8) is 0 Å². The molecule has 0 heterocycles. The molecule has 0 aliphatic heterocycles. The smallest absolute Gasteiger partial charge is 0.286 e.